The molecule has 2 fully saturated rings. The van der Waals surface area contributed by atoms with E-state index in [9.17, 15) is 5.11 Å². The largest absolute Gasteiger partial charge is 0.389 e. The zero-order chi connectivity index (χ0) is 10.7. The predicted octanol–water partition coefficient (Wildman–Crippen LogP) is -0.0490. The normalized spacial score (nSPS) is 39.2. The molecule has 4 nitrogen and oxygen atoms in total. The van der Waals surface area contributed by atoms with Crippen LogP contribution >= 0.6 is 0 Å². The highest BCUT2D eigenvalue weighted by atomic mass is 16.5. The molecule has 4 heteroatoms. The number of nitrogens with zero attached hydrogens (tertiary/aromatic N) is 1. The van der Waals surface area contributed by atoms with E-state index in [-0.39, 0.29) is 0 Å². The molecular weight excluding hydrogens is 192 g/mol. The first-order chi connectivity index (χ1) is 7.23. The monoisotopic (exact) mass is 214 g/mol. The fourth-order valence-electron chi connectivity index (χ4n) is 2.65. The Bertz CT molecular complexity index is 197. The molecule has 0 bridgehead atoms. The summed E-state index contributed by atoms with van der Waals surface area (Å²) in [4.78, 5) is 2.50. The third-order valence-electron chi connectivity index (χ3n) is 3.83. The summed E-state index contributed by atoms with van der Waals surface area (Å²) in [5, 5.41) is 10.0. The average molecular weight is 214 g/mol. The molecule has 15 heavy (non-hydrogen) atoms. The van der Waals surface area contributed by atoms with Crippen molar-refractivity contribution >= 4 is 0 Å². The van der Waals surface area contributed by atoms with Crippen molar-refractivity contribution in [1.82, 2.24) is 4.90 Å². The minimum atomic E-state index is -0.581. The van der Waals surface area contributed by atoms with Gasteiger partial charge in [0.2, 0.25) is 0 Å². The first-order valence-corrected chi connectivity index (χ1v) is 5.98. The lowest BCUT2D eigenvalue weighted by Crippen LogP contribution is -2.49. The first-order valence-electron chi connectivity index (χ1n) is 5.98. The first kappa shape index (κ1) is 11.3. The van der Waals surface area contributed by atoms with Crippen molar-refractivity contribution < 1.29 is 9.84 Å². The van der Waals surface area contributed by atoms with Gasteiger partial charge in [0.05, 0.1) is 18.8 Å². The number of rotatable bonds is 2. The quantitative estimate of drug-likeness (QED) is 0.677. The average Bonchev–Trinajstić information content (AvgIpc) is 2.31. The number of nitrogens with two attached hydrogens (primary N) is 1. The molecule has 0 amide bonds. The maximum atomic E-state index is 10.0. The second kappa shape index (κ2) is 4.78. The maximum Gasteiger partial charge on any atom is 0.0770 e. The number of hydrogen-bond acceptors (Lipinski definition) is 4. The Morgan fingerprint density at radius 3 is 2.40 bits per heavy atom. The van der Waals surface area contributed by atoms with E-state index in [0.717, 1.165) is 52.0 Å². The van der Waals surface area contributed by atoms with Crippen LogP contribution in [0.1, 0.15) is 25.7 Å². The molecule has 1 aliphatic heterocycles. The van der Waals surface area contributed by atoms with Crippen LogP contribution < -0.4 is 5.73 Å². The minimum absolute atomic E-state index is 0.406. The maximum absolute atomic E-state index is 10.0. The van der Waals surface area contributed by atoms with Crippen LogP contribution in [0.15, 0.2) is 0 Å². The molecule has 0 aromatic carbocycles. The van der Waals surface area contributed by atoms with E-state index in [1.54, 1.807) is 0 Å². The van der Waals surface area contributed by atoms with Gasteiger partial charge in [-0.15, -0.1) is 0 Å². The van der Waals surface area contributed by atoms with Crippen LogP contribution in [0.4, 0.5) is 0 Å². The molecule has 88 valence electrons. The lowest BCUT2D eigenvalue weighted by atomic mass is 9.81. The summed E-state index contributed by atoms with van der Waals surface area (Å²) in [5.41, 5.74) is 5.00. The summed E-state index contributed by atoms with van der Waals surface area (Å²) in [5.74, 6) is 0. The second-order valence-electron chi connectivity index (χ2n) is 4.81. The van der Waals surface area contributed by atoms with E-state index < -0.39 is 5.60 Å². The topological polar surface area (TPSA) is 58.7 Å². The molecular formula is C11H22N2O2. The van der Waals surface area contributed by atoms with Crippen molar-refractivity contribution in [3.8, 4) is 0 Å². The Hall–Kier alpha value is -0.160. The minimum Gasteiger partial charge on any atom is -0.389 e. The Morgan fingerprint density at radius 2 is 1.87 bits per heavy atom. The van der Waals surface area contributed by atoms with Crippen LogP contribution in [-0.4, -0.2) is 54.5 Å². The number of hydrogen-bond donors (Lipinski definition) is 2. The zero-order valence-electron chi connectivity index (χ0n) is 9.32. The van der Waals surface area contributed by atoms with Gasteiger partial charge in [-0.05, 0) is 25.7 Å². The van der Waals surface area contributed by atoms with Gasteiger partial charge in [-0.1, -0.05) is 0 Å². The van der Waals surface area contributed by atoms with E-state index in [0.29, 0.717) is 12.6 Å². The number of morpholine rings is 1. The van der Waals surface area contributed by atoms with Crippen LogP contribution in [0.3, 0.4) is 0 Å². The second-order valence-corrected chi connectivity index (χ2v) is 4.81. The number of aliphatic hydroxyl groups is 1. The smallest absolute Gasteiger partial charge is 0.0770 e. The van der Waals surface area contributed by atoms with Gasteiger partial charge in [-0.3, -0.25) is 4.90 Å². The van der Waals surface area contributed by atoms with Crippen molar-refractivity contribution in [2.45, 2.75) is 37.3 Å². The van der Waals surface area contributed by atoms with Crippen molar-refractivity contribution in [1.29, 1.82) is 0 Å². The number of ether oxygens (including phenoxy) is 1. The molecule has 0 spiro atoms. The van der Waals surface area contributed by atoms with E-state index in [1.165, 1.54) is 0 Å². The lowest BCUT2D eigenvalue weighted by Gasteiger charge is -2.41. The van der Waals surface area contributed by atoms with E-state index >= 15 is 0 Å². The summed E-state index contributed by atoms with van der Waals surface area (Å²) in [7, 11) is 0. The molecule has 1 aliphatic carbocycles. The molecule has 0 radical (unpaired) electrons. The van der Waals surface area contributed by atoms with Crippen LogP contribution in [0.25, 0.3) is 0 Å². The highest BCUT2D eigenvalue weighted by Gasteiger charge is 2.34. The summed E-state index contributed by atoms with van der Waals surface area (Å²) < 4.78 is 5.34. The van der Waals surface area contributed by atoms with Crippen LogP contribution in [0, 0.1) is 0 Å². The third kappa shape index (κ3) is 2.69. The SMILES string of the molecule is NCC1(O)CCC(N2CCOCC2)CC1. The fourth-order valence-corrected chi connectivity index (χ4v) is 2.65. The van der Waals surface area contributed by atoms with E-state index in [2.05, 4.69) is 4.90 Å². The van der Waals surface area contributed by atoms with Crippen molar-refractivity contribution in [2.75, 3.05) is 32.8 Å². The molecule has 0 unspecified atom stereocenters. The van der Waals surface area contributed by atoms with Gasteiger partial charge in [0.1, 0.15) is 0 Å². The lowest BCUT2D eigenvalue weighted by molar-refractivity contribution is -0.0366. The highest BCUT2D eigenvalue weighted by Crippen LogP contribution is 2.30. The van der Waals surface area contributed by atoms with E-state index in [4.69, 9.17) is 10.5 Å². The fraction of sp³-hybridized carbons (Fsp3) is 1.00. The van der Waals surface area contributed by atoms with Crippen LogP contribution in [-0.2, 0) is 4.74 Å². The van der Waals surface area contributed by atoms with Crippen molar-refractivity contribution in [3.63, 3.8) is 0 Å². The highest BCUT2D eigenvalue weighted by molar-refractivity contribution is 4.90. The molecule has 2 aliphatic rings. The van der Waals surface area contributed by atoms with Gasteiger partial charge < -0.3 is 15.6 Å². The summed E-state index contributed by atoms with van der Waals surface area (Å²) in [6.07, 6.45) is 3.86. The van der Waals surface area contributed by atoms with Crippen LogP contribution in [0.2, 0.25) is 0 Å². The Balaban J connectivity index is 1.82. The van der Waals surface area contributed by atoms with Gasteiger partial charge in [0.15, 0.2) is 0 Å². The summed E-state index contributed by atoms with van der Waals surface area (Å²) in [6.45, 7) is 4.22. The molecule has 2 rings (SSSR count). The molecule has 1 heterocycles. The van der Waals surface area contributed by atoms with Gasteiger partial charge in [0.25, 0.3) is 0 Å². The van der Waals surface area contributed by atoms with Gasteiger partial charge in [-0.2, -0.15) is 0 Å². The van der Waals surface area contributed by atoms with Crippen LogP contribution in [0.5, 0.6) is 0 Å². The predicted molar refractivity (Wildman–Crippen MR) is 58.7 cm³/mol. The molecule has 3 N–H and O–H groups in total. The third-order valence-corrected chi connectivity index (χ3v) is 3.83. The Morgan fingerprint density at radius 1 is 1.27 bits per heavy atom. The molecule has 1 saturated carbocycles. The molecule has 0 aromatic heterocycles. The zero-order valence-corrected chi connectivity index (χ0v) is 9.32. The van der Waals surface area contributed by atoms with E-state index in [1.807, 2.05) is 0 Å². The van der Waals surface area contributed by atoms with Gasteiger partial charge >= 0.3 is 0 Å². The standard InChI is InChI=1S/C11H22N2O2/c12-9-11(14)3-1-10(2-4-11)13-5-7-15-8-6-13/h10,14H,1-9,12H2. The molecule has 0 atom stereocenters. The summed E-state index contributed by atoms with van der Waals surface area (Å²) >= 11 is 0. The summed E-state index contributed by atoms with van der Waals surface area (Å²) in [6, 6.07) is 0.640. The molecule has 0 aromatic rings. The van der Waals surface area contributed by atoms with Gasteiger partial charge in [-0.25, -0.2) is 0 Å². The van der Waals surface area contributed by atoms with Crippen molar-refractivity contribution in [2.24, 2.45) is 5.73 Å². The molecule has 1 saturated heterocycles. The van der Waals surface area contributed by atoms with Gasteiger partial charge in [0, 0.05) is 25.7 Å². The Labute approximate surface area is 91.4 Å². The Kier molecular flexibility index (Phi) is 3.61. The van der Waals surface area contributed by atoms with Crippen molar-refractivity contribution in [3.05, 3.63) is 0 Å².